The third kappa shape index (κ3) is 1.76. The van der Waals surface area contributed by atoms with Gasteiger partial charge in [0.05, 0.1) is 16.3 Å². The predicted octanol–water partition coefficient (Wildman–Crippen LogP) is 1.87. The second-order valence-electron chi connectivity index (χ2n) is 4.23. The van der Waals surface area contributed by atoms with Gasteiger partial charge in [-0.1, -0.05) is 0 Å². The van der Waals surface area contributed by atoms with Gasteiger partial charge >= 0.3 is 0 Å². The van der Waals surface area contributed by atoms with Crippen LogP contribution in [0.1, 0.15) is 12.8 Å². The van der Waals surface area contributed by atoms with Crippen molar-refractivity contribution in [3.05, 3.63) is 17.8 Å². The van der Waals surface area contributed by atoms with Crippen molar-refractivity contribution in [2.75, 3.05) is 11.9 Å². The van der Waals surface area contributed by atoms with E-state index in [1.165, 1.54) is 0 Å². The third-order valence-electron chi connectivity index (χ3n) is 3.01. The van der Waals surface area contributed by atoms with Gasteiger partial charge in [-0.2, -0.15) is 0 Å². The van der Waals surface area contributed by atoms with Crippen molar-refractivity contribution >= 4 is 27.4 Å². The Balaban J connectivity index is 1.71. The molecule has 0 spiro atoms. The Morgan fingerprint density at radius 2 is 2.31 bits per heavy atom. The Morgan fingerprint density at radius 1 is 1.44 bits per heavy atom. The van der Waals surface area contributed by atoms with Gasteiger partial charge < -0.3 is 10.4 Å². The van der Waals surface area contributed by atoms with Crippen molar-refractivity contribution in [1.29, 1.82) is 0 Å². The van der Waals surface area contributed by atoms with E-state index >= 15 is 0 Å². The number of nitrogens with one attached hydrogen (secondary N) is 1. The van der Waals surface area contributed by atoms with E-state index in [4.69, 9.17) is 0 Å². The standard InChI is InChI=1S/C11H13N3OS/c15-8-3-7(4-8)5-12-11-10-9(1-2-16-10)13-6-14-11/h1-2,6-8,15H,3-5H2,(H,12,13,14). The number of thiophene rings is 1. The van der Waals surface area contributed by atoms with E-state index < -0.39 is 0 Å². The molecule has 3 rings (SSSR count). The number of aromatic nitrogens is 2. The van der Waals surface area contributed by atoms with Crippen molar-refractivity contribution < 1.29 is 5.11 Å². The first-order valence-electron chi connectivity index (χ1n) is 5.43. The lowest BCUT2D eigenvalue weighted by molar-refractivity contribution is 0.0487. The molecule has 16 heavy (non-hydrogen) atoms. The Kier molecular flexibility index (Phi) is 2.49. The van der Waals surface area contributed by atoms with E-state index in [1.54, 1.807) is 17.7 Å². The summed E-state index contributed by atoms with van der Waals surface area (Å²) in [5.41, 5.74) is 0.996. The topological polar surface area (TPSA) is 58.0 Å². The Hall–Kier alpha value is -1.20. The zero-order valence-electron chi connectivity index (χ0n) is 8.76. The lowest BCUT2D eigenvalue weighted by Crippen LogP contribution is -2.33. The highest BCUT2D eigenvalue weighted by Crippen LogP contribution is 2.29. The molecule has 5 heteroatoms. The Bertz CT molecular complexity index is 493. The van der Waals surface area contributed by atoms with E-state index in [2.05, 4.69) is 15.3 Å². The number of rotatable bonds is 3. The Labute approximate surface area is 97.4 Å². The van der Waals surface area contributed by atoms with E-state index in [9.17, 15) is 5.11 Å². The van der Waals surface area contributed by atoms with E-state index in [0.29, 0.717) is 5.92 Å². The van der Waals surface area contributed by atoms with Crippen molar-refractivity contribution in [3.8, 4) is 0 Å². The molecule has 0 radical (unpaired) electrons. The first-order chi connectivity index (χ1) is 7.83. The second kappa shape index (κ2) is 3.99. The first-order valence-corrected chi connectivity index (χ1v) is 6.31. The molecular formula is C11H13N3OS. The first kappa shape index (κ1) is 9.99. The lowest BCUT2D eigenvalue weighted by Gasteiger charge is -2.31. The monoisotopic (exact) mass is 235 g/mol. The van der Waals surface area contributed by atoms with Crippen LogP contribution in [0.3, 0.4) is 0 Å². The summed E-state index contributed by atoms with van der Waals surface area (Å²) in [5, 5.41) is 14.6. The molecule has 84 valence electrons. The van der Waals surface area contributed by atoms with E-state index in [1.807, 2.05) is 11.4 Å². The summed E-state index contributed by atoms with van der Waals surface area (Å²) >= 11 is 1.65. The fourth-order valence-electron chi connectivity index (χ4n) is 2.02. The molecule has 2 N–H and O–H groups in total. The van der Waals surface area contributed by atoms with Gasteiger partial charge in [0.15, 0.2) is 0 Å². The van der Waals surface area contributed by atoms with Gasteiger partial charge in [-0.25, -0.2) is 9.97 Å². The number of hydrogen-bond acceptors (Lipinski definition) is 5. The average molecular weight is 235 g/mol. The van der Waals surface area contributed by atoms with Gasteiger partial charge in [-0.15, -0.1) is 11.3 Å². The number of aliphatic hydroxyl groups is 1. The smallest absolute Gasteiger partial charge is 0.147 e. The van der Waals surface area contributed by atoms with Crippen LogP contribution in [0.5, 0.6) is 0 Å². The minimum Gasteiger partial charge on any atom is -0.393 e. The maximum Gasteiger partial charge on any atom is 0.147 e. The fraction of sp³-hybridized carbons (Fsp3) is 0.455. The maximum atomic E-state index is 9.20. The highest BCUT2D eigenvalue weighted by atomic mass is 32.1. The zero-order chi connectivity index (χ0) is 11.0. The number of hydrogen-bond donors (Lipinski definition) is 2. The largest absolute Gasteiger partial charge is 0.393 e. The molecule has 1 aliphatic carbocycles. The van der Waals surface area contributed by atoms with Gasteiger partial charge in [0.2, 0.25) is 0 Å². The van der Waals surface area contributed by atoms with E-state index in [0.717, 1.165) is 35.4 Å². The molecule has 1 fully saturated rings. The summed E-state index contributed by atoms with van der Waals surface area (Å²) < 4.78 is 1.11. The number of anilines is 1. The normalized spacial score (nSPS) is 24.3. The summed E-state index contributed by atoms with van der Waals surface area (Å²) in [7, 11) is 0. The number of aliphatic hydroxyl groups excluding tert-OH is 1. The van der Waals surface area contributed by atoms with Crippen LogP contribution in [-0.4, -0.2) is 27.7 Å². The van der Waals surface area contributed by atoms with Gasteiger partial charge in [0.1, 0.15) is 12.1 Å². The van der Waals surface area contributed by atoms with Crippen LogP contribution in [0, 0.1) is 5.92 Å². The van der Waals surface area contributed by atoms with Crippen LogP contribution >= 0.6 is 11.3 Å². The molecule has 1 aliphatic rings. The highest BCUT2D eigenvalue weighted by Gasteiger charge is 2.26. The molecule has 0 aromatic carbocycles. The molecule has 0 bridgehead atoms. The Morgan fingerprint density at radius 3 is 3.12 bits per heavy atom. The molecule has 0 aliphatic heterocycles. The quantitative estimate of drug-likeness (QED) is 0.852. The van der Waals surface area contributed by atoms with Gasteiger partial charge in [-0.3, -0.25) is 0 Å². The minimum absolute atomic E-state index is 0.0843. The van der Waals surface area contributed by atoms with Crippen LogP contribution in [0.15, 0.2) is 17.8 Å². The van der Waals surface area contributed by atoms with Gasteiger partial charge in [-0.05, 0) is 30.2 Å². The van der Waals surface area contributed by atoms with Crippen molar-refractivity contribution in [2.45, 2.75) is 18.9 Å². The third-order valence-corrected chi connectivity index (χ3v) is 3.92. The van der Waals surface area contributed by atoms with Crippen LogP contribution in [0.25, 0.3) is 10.2 Å². The van der Waals surface area contributed by atoms with Crippen LogP contribution < -0.4 is 5.32 Å². The summed E-state index contributed by atoms with van der Waals surface area (Å²) in [6.45, 7) is 0.890. The minimum atomic E-state index is -0.0843. The number of fused-ring (bicyclic) bond motifs is 1. The average Bonchev–Trinajstić information content (AvgIpc) is 2.71. The van der Waals surface area contributed by atoms with Crippen molar-refractivity contribution in [3.63, 3.8) is 0 Å². The molecule has 2 aromatic heterocycles. The predicted molar refractivity (Wildman–Crippen MR) is 64.6 cm³/mol. The summed E-state index contributed by atoms with van der Waals surface area (Å²) in [6.07, 6.45) is 3.32. The summed E-state index contributed by atoms with van der Waals surface area (Å²) in [5.74, 6) is 1.50. The van der Waals surface area contributed by atoms with Gasteiger partial charge in [0.25, 0.3) is 0 Å². The zero-order valence-corrected chi connectivity index (χ0v) is 9.57. The molecule has 2 aromatic rings. The van der Waals surface area contributed by atoms with Crippen LogP contribution in [0.4, 0.5) is 5.82 Å². The molecule has 4 nitrogen and oxygen atoms in total. The molecule has 1 saturated carbocycles. The van der Waals surface area contributed by atoms with Crippen molar-refractivity contribution in [2.24, 2.45) is 5.92 Å². The lowest BCUT2D eigenvalue weighted by atomic mass is 9.82. The molecular weight excluding hydrogens is 222 g/mol. The van der Waals surface area contributed by atoms with Crippen molar-refractivity contribution in [1.82, 2.24) is 9.97 Å². The fourth-order valence-corrected chi connectivity index (χ4v) is 2.83. The SMILES string of the molecule is OC1CC(CNc2ncnc3ccsc23)C1. The summed E-state index contributed by atoms with van der Waals surface area (Å²) in [6, 6.07) is 2.00. The van der Waals surface area contributed by atoms with Crippen LogP contribution in [0.2, 0.25) is 0 Å². The molecule has 0 atom stereocenters. The maximum absolute atomic E-state index is 9.20. The van der Waals surface area contributed by atoms with E-state index in [-0.39, 0.29) is 6.10 Å². The van der Waals surface area contributed by atoms with Gasteiger partial charge in [0, 0.05) is 6.54 Å². The molecule has 2 heterocycles. The number of nitrogens with zero attached hydrogens (tertiary/aromatic N) is 2. The summed E-state index contributed by atoms with van der Waals surface area (Å²) in [4.78, 5) is 8.45. The highest BCUT2D eigenvalue weighted by molar-refractivity contribution is 7.17. The molecule has 0 unspecified atom stereocenters. The molecule has 0 saturated heterocycles. The van der Waals surface area contributed by atoms with Crippen LogP contribution in [-0.2, 0) is 0 Å². The second-order valence-corrected chi connectivity index (χ2v) is 5.15. The molecule has 0 amide bonds.